The van der Waals surface area contributed by atoms with Crippen LogP contribution in [-0.2, 0) is 0 Å². The molecule has 3 heteroatoms. The molecule has 2 heterocycles. The molecule has 1 saturated heterocycles. The third-order valence-corrected chi connectivity index (χ3v) is 3.45. The monoisotopic (exact) mass is 222 g/mol. The highest BCUT2D eigenvalue weighted by molar-refractivity contribution is 5.12. The first-order chi connectivity index (χ1) is 7.70. The Balaban J connectivity index is 2.12. The van der Waals surface area contributed by atoms with Crippen LogP contribution in [0.5, 0.6) is 0 Å². The van der Waals surface area contributed by atoms with Gasteiger partial charge in [-0.3, -0.25) is 0 Å². The molecule has 16 heavy (non-hydrogen) atoms. The van der Waals surface area contributed by atoms with E-state index in [1.54, 1.807) is 0 Å². The second kappa shape index (κ2) is 5.02. The molecule has 3 nitrogen and oxygen atoms in total. The topological polar surface area (TPSA) is 37.2 Å². The quantitative estimate of drug-likeness (QED) is 0.822. The number of aliphatic hydroxyl groups excluding tert-OH is 1. The van der Waals surface area contributed by atoms with E-state index in [0.717, 1.165) is 25.2 Å². The Morgan fingerprint density at radius 2 is 2.31 bits per heavy atom. The van der Waals surface area contributed by atoms with Crippen LogP contribution in [0.2, 0.25) is 0 Å². The molecule has 2 unspecified atom stereocenters. The second-order valence-electron chi connectivity index (χ2n) is 4.99. The van der Waals surface area contributed by atoms with Crippen LogP contribution in [0.25, 0.3) is 0 Å². The molecule has 0 aromatic carbocycles. The molecule has 1 aliphatic heterocycles. The first kappa shape index (κ1) is 11.7. The van der Waals surface area contributed by atoms with Gasteiger partial charge in [-0.1, -0.05) is 0 Å². The van der Waals surface area contributed by atoms with Crippen LogP contribution >= 0.6 is 0 Å². The fourth-order valence-electron chi connectivity index (χ4n) is 2.52. The summed E-state index contributed by atoms with van der Waals surface area (Å²) in [4.78, 5) is 0. The van der Waals surface area contributed by atoms with Gasteiger partial charge in [0.05, 0.1) is 6.10 Å². The van der Waals surface area contributed by atoms with Gasteiger partial charge in [-0.05, 0) is 45.4 Å². The van der Waals surface area contributed by atoms with Crippen LogP contribution in [0.4, 0.5) is 0 Å². The lowest BCUT2D eigenvalue weighted by Gasteiger charge is -2.28. The van der Waals surface area contributed by atoms with Crippen molar-refractivity contribution in [3.8, 4) is 0 Å². The number of hydrogen-bond donors (Lipinski definition) is 2. The van der Waals surface area contributed by atoms with Crippen molar-refractivity contribution < 1.29 is 5.11 Å². The maximum atomic E-state index is 10.4. The number of nitrogens with one attached hydrogen (secondary N) is 1. The van der Waals surface area contributed by atoms with E-state index in [0.29, 0.717) is 12.0 Å². The normalized spacial score (nSPS) is 23.6. The Hall–Kier alpha value is -0.800. The highest BCUT2D eigenvalue weighted by Gasteiger charge is 2.25. The fourth-order valence-corrected chi connectivity index (χ4v) is 2.52. The number of piperidine rings is 1. The van der Waals surface area contributed by atoms with Gasteiger partial charge in [0.25, 0.3) is 0 Å². The lowest BCUT2D eigenvalue weighted by molar-refractivity contribution is 0.0840. The summed E-state index contributed by atoms with van der Waals surface area (Å²) in [5.74, 6) is 0.362. The van der Waals surface area contributed by atoms with Gasteiger partial charge in [0.2, 0.25) is 0 Å². The van der Waals surface area contributed by atoms with E-state index in [9.17, 15) is 5.11 Å². The van der Waals surface area contributed by atoms with Gasteiger partial charge < -0.3 is 15.0 Å². The zero-order valence-electron chi connectivity index (χ0n) is 10.2. The first-order valence-corrected chi connectivity index (χ1v) is 6.25. The molecular formula is C13H22N2O. The van der Waals surface area contributed by atoms with E-state index in [2.05, 4.69) is 29.9 Å². The van der Waals surface area contributed by atoms with E-state index >= 15 is 0 Å². The van der Waals surface area contributed by atoms with Gasteiger partial charge in [0.1, 0.15) is 0 Å². The third-order valence-electron chi connectivity index (χ3n) is 3.45. The molecule has 0 spiro atoms. The molecule has 0 bridgehead atoms. The second-order valence-corrected chi connectivity index (χ2v) is 4.99. The molecule has 2 atom stereocenters. The summed E-state index contributed by atoms with van der Waals surface area (Å²) in [6.07, 6.45) is 4.02. The Kier molecular flexibility index (Phi) is 3.66. The minimum atomic E-state index is -0.329. The Bertz CT molecular complexity index is 326. The van der Waals surface area contributed by atoms with E-state index in [4.69, 9.17) is 0 Å². The Morgan fingerprint density at radius 1 is 1.50 bits per heavy atom. The predicted molar refractivity (Wildman–Crippen MR) is 65.4 cm³/mol. The predicted octanol–water partition coefficient (Wildman–Crippen LogP) is 2.10. The van der Waals surface area contributed by atoms with Gasteiger partial charge in [-0.25, -0.2) is 0 Å². The first-order valence-electron chi connectivity index (χ1n) is 6.25. The van der Waals surface area contributed by atoms with Crippen molar-refractivity contribution in [1.29, 1.82) is 0 Å². The van der Waals surface area contributed by atoms with E-state index in [1.165, 1.54) is 6.42 Å². The summed E-state index contributed by atoms with van der Waals surface area (Å²) >= 11 is 0. The van der Waals surface area contributed by atoms with Crippen molar-refractivity contribution in [3.05, 3.63) is 24.0 Å². The third kappa shape index (κ3) is 2.30. The lowest BCUT2D eigenvalue weighted by atomic mass is 9.92. The van der Waals surface area contributed by atoms with Crippen molar-refractivity contribution in [2.45, 2.75) is 38.8 Å². The summed E-state index contributed by atoms with van der Waals surface area (Å²) in [6, 6.07) is 4.48. The molecule has 0 aliphatic carbocycles. The largest absolute Gasteiger partial charge is 0.387 e. The number of hydrogen-bond acceptors (Lipinski definition) is 2. The van der Waals surface area contributed by atoms with Crippen LogP contribution in [0.3, 0.4) is 0 Å². The maximum absolute atomic E-state index is 10.4. The molecule has 0 amide bonds. The summed E-state index contributed by atoms with van der Waals surface area (Å²) in [5.41, 5.74) is 1.06. The van der Waals surface area contributed by atoms with E-state index in [-0.39, 0.29) is 6.10 Å². The summed E-state index contributed by atoms with van der Waals surface area (Å²) in [7, 11) is 0. The van der Waals surface area contributed by atoms with Crippen LogP contribution in [0.15, 0.2) is 18.3 Å². The number of nitrogens with zero attached hydrogens (tertiary/aromatic N) is 1. The maximum Gasteiger partial charge on any atom is 0.0979 e. The van der Waals surface area contributed by atoms with Crippen molar-refractivity contribution in [2.75, 3.05) is 13.1 Å². The molecule has 2 rings (SSSR count). The Labute approximate surface area is 97.5 Å². The number of aliphatic hydroxyl groups is 1. The van der Waals surface area contributed by atoms with E-state index in [1.807, 2.05) is 12.1 Å². The van der Waals surface area contributed by atoms with Crippen molar-refractivity contribution in [2.24, 2.45) is 5.92 Å². The number of aromatic nitrogens is 1. The average molecular weight is 222 g/mol. The molecule has 1 aliphatic rings. The Morgan fingerprint density at radius 3 is 2.94 bits per heavy atom. The minimum absolute atomic E-state index is 0.329. The molecule has 0 saturated carbocycles. The van der Waals surface area contributed by atoms with Gasteiger partial charge >= 0.3 is 0 Å². The highest BCUT2D eigenvalue weighted by atomic mass is 16.3. The van der Waals surface area contributed by atoms with E-state index < -0.39 is 0 Å². The minimum Gasteiger partial charge on any atom is -0.387 e. The summed E-state index contributed by atoms with van der Waals surface area (Å²) < 4.78 is 2.17. The SMILES string of the molecule is CC(C)n1cccc1C(O)C1CCCNC1. The summed E-state index contributed by atoms with van der Waals surface area (Å²) in [6.45, 7) is 6.32. The smallest absolute Gasteiger partial charge is 0.0979 e. The van der Waals surface area contributed by atoms with Crippen LogP contribution < -0.4 is 5.32 Å². The lowest BCUT2D eigenvalue weighted by Crippen LogP contribution is -2.34. The van der Waals surface area contributed by atoms with Crippen molar-refractivity contribution in [3.63, 3.8) is 0 Å². The van der Waals surface area contributed by atoms with Gasteiger partial charge in [-0.15, -0.1) is 0 Å². The molecule has 1 aromatic rings. The molecule has 1 aromatic heterocycles. The summed E-state index contributed by atoms with van der Waals surface area (Å²) in [5, 5.41) is 13.8. The van der Waals surface area contributed by atoms with Crippen LogP contribution in [-0.4, -0.2) is 22.8 Å². The number of rotatable bonds is 3. The molecule has 1 fully saturated rings. The average Bonchev–Trinajstić information content (AvgIpc) is 2.78. The van der Waals surface area contributed by atoms with Crippen LogP contribution in [0, 0.1) is 5.92 Å². The fraction of sp³-hybridized carbons (Fsp3) is 0.692. The standard InChI is InChI=1S/C13H22N2O/c1-10(2)15-8-4-6-12(15)13(16)11-5-3-7-14-9-11/h4,6,8,10-11,13-14,16H,3,5,7,9H2,1-2H3. The molecule has 2 N–H and O–H groups in total. The van der Waals surface area contributed by atoms with Crippen molar-refractivity contribution in [1.82, 2.24) is 9.88 Å². The molecule has 0 radical (unpaired) electrons. The molecule has 90 valence electrons. The van der Waals surface area contributed by atoms with Gasteiger partial charge in [0, 0.05) is 30.4 Å². The molecular weight excluding hydrogens is 200 g/mol. The zero-order valence-corrected chi connectivity index (χ0v) is 10.2. The highest BCUT2D eigenvalue weighted by Crippen LogP contribution is 2.28. The van der Waals surface area contributed by atoms with Crippen molar-refractivity contribution >= 4 is 0 Å². The van der Waals surface area contributed by atoms with Gasteiger partial charge in [-0.2, -0.15) is 0 Å². The zero-order chi connectivity index (χ0) is 11.5. The van der Waals surface area contributed by atoms with Gasteiger partial charge in [0.15, 0.2) is 0 Å². The van der Waals surface area contributed by atoms with Crippen LogP contribution in [0.1, 0.15) is 44.5 Å².